The van der Waals surface area contributed by atoms with E-state index in [0.29, 0.717) is 30.4 Å². The van der Waals surface area contributed by atoms with Gasteiger partial charge in [0.2, 0.25) is 0 Å². The first kappa shape index (κ1) is 18.0. The van der Waals surface area contributed by atoms with Gasteiger partial charge < -0.3 is 16.0 Å². The van der Waals surface area contributed by atoms with E-state index in [1.165, 1.54) is 0 Å². The van der Waals surface area contributed by atoms with Gasteiger partial charge in [-0.05, 0) is 37.8 Å². The summed E-state index contributed by atoms with van der Waals surface area (Å²) in [6, 6.07) is 0. The summed E-state index contributed by atoms with van der Waals surface area (Å²) < 4.78 is 26.6. The summed E-state index contributed by atoms with van der Waals surface area (Å²) in [7, 11) is -3.38. The molecule has 3 N–H and O–H groups in total. The Morgan fingerprint density at radius 2 is 2.17 bits per heavy atom. The molecule has 0 aromatic carbocycles. The zero-order valence-electron chi connectivity index (χ0n) is 12.9. The lowest BCUT2D eigenvalue weighted by Crippen LogP contribution is -2.53. The number of halogens is 1. The molecule has 3 aliphatic rings. The van der Waals surface area contributed by atoms with E-state index in [-0.39, 0.29) is 29.6 Å². The van der Waals surface area contributed by atoms with Crippen LogP contribution in [0.25, 0.3) is 0 Å². The van der Waals surface area contributed by atoms with Crippen LogP contribution in [0.15, 0.2) is 28.3 Å². The van der Waals surface area contributed by atoms with Crippen LogP contribution in [0, 0.1) is 5.92 Å². The van der Waals surface area contributed by atoms with Gasteiger partial charge in [0, 0.05) is 19.3 Å². The van der Waals surface area contributed by atoms with Crippen LogP contribution in [0.2, 0.25) is 0 Å². The van der Waals surface area contributed by atoms with Gasteiger partial charge in [-0.2, -0.15) is 0 Å². The Bertz CT molecular complexity index is 697. The number of carbonyl (C=O) groups excluding carboxylic acids is 1. The minimum absolute atomic E-state index is 0. The largest absolute Gasteiger partial charge is 0.345 e. The lowest BCUT2D eigenvalue weighted by atomic mass is 9.95. The van der Waals surface area contributed by atoms with Gasteiger partial charge in [0.15, 0.2) is 0 Å². The van der Waals surface area contributed by atoms with Crippen molar-refractivity contribution in [3.63, 3.8) is 0 Å². The zero-order valence-corrected chi connectivity index (χ0v) is 14.5. The second-order valence-electron chi connectivity index (χ2n) is 6.20. The number of nitrogens with zero attached hydrogens (tertiary/aromatic N) is 2. The number of nitrogens with one attached hydrogen (secondary N) is 1. The maximum Gasteiger partial charge on any atom is 0.256 e. The molecule has 1 unspecified atom stereocenters. The van der Waals surface area contributed by atoms with Crippen molar-refractivity contribution in [2.45, 2.75) is 25.3 Å². The first-order valence-corrected chi connectivity index (χ1v) is 8.96. The van der Waals surface area contributed by atoms with Gasteiger partial charge in [-0.15, -0.1) is 16.8 Å². The maximum absolute atomic E-state index is 12.4. The molecule has 9 heteroatoms. The van der Waals surface area contributed by atoms with Crippen LogP contribution < -0.4 is 11.1 Å². The standard InChI is InChI=1S/C14H20N4O3S.ClH/c1-14(9-15,11-3-4-11)16-13(19)10-2-5-12-17-22(20,21)7-6-18(12)8-10;/h2,5,8,11H,3-4,6-7,9,15H2,1H3,(H,16,19);1H. The van der Waals surface area contributed by atoms with E-state index >= 15 is 0 Å². The fourth-order valence-electron chi connectivity index (χ4n) is 2.71. The molecule has 0 aromatic rings. The summed E-state index contributed by atoms with van der Waals surface area (Å²) in [5.74, 6) is 0.556. The molecule has 0 aromatic heterocycles. The normalized spacial score (nSPS) is 24.5. The summed E-state index contributed by atoms with van der Waals surface area (Å²) in [5, 5.41) is 3.02. The third-order valence-corrected chi connectivity index (χ3v) is 5.55. The van der Waals surface area contributed by atoms with E-state index in [1.807, 2.05) is 6.92 Å². The summed E-state index contributed by atoms with van der Waals surface area (Å²) in [5.41, 5.74) is 5.91. The number of amides is 1. The highest BCUT2D eigenvalue weighted by Crippen LogP contribution is 2.39. The molecule has 1 fully saturated rings. The predicted octanol–water partition coefficient (Wildman–Crippen LogP) is 0.149. The Morgan fingerprint density at radius 1 is 1.48 bits per heavy atom. The van der Waals surface area contributed by atoms with Gasteiger partial charge in [0.25, 0.3) is 15.9 Å². The van der Waals surface area contributed by atoms with E-state index in [2.05, 4.69) is 9.71 Å². The van der Waals surface area contributed by atoms with Crippen LogP contribution in [-0.2, 0) is 14.8 Å². The van der Waals surface area contributed by atoms with E-state index in [9.17, 15) is 13.2 Å². The van der Waals surface area contributed by atoms with Crippen molar-refractivity contribution in [2.24, 2.45) is 16.0 Å². The lowest BCUT2D eigenvalue weighted by molar-refractivity contribution is -0.119. The highest BCUT2D eigenvalue weighted by atomic mass is 35.5. The number of amidine groups is 1. The molecule has 0 saturated heterocycles. The molecule has 1 atom stereocenters. The summed E-state index contributed by atoms with van der Waals surface area (Å²) in [4.78, 5) is 14.1. The molecule has 0 bridgehead atoms. The third-order valence-electron chi connectivity index (χ3n) is 4.39. The maximum atomic E-state index is 12.4. The summed E-state index contributed by atoms with van der Waals surface area (Å²) in [6.45, 7) is 2.67. The minimum Gasteiger partial charge on any atom is -0.345 e. The van der Waals surface area contributed by atoms with Crippen molar-refractivity contribution in [1.29, 1.82) is 0 Å². The van der Waals surface area contributed by atoms with E-state index in [0.717, 1.165) is 12.8 Å². The average Bonchev–Trinajstić information content (AvgIpc) is 3.30. The number of carbonyl (C=O) groups is 1. The van der Waals surface area contributed by atoms with Crippen molar-refractivity contribution in [1.82, 2.24) is 10.2 Å². The van der Waals surface area contributed by atoms with Crippen LogP contribution in [0.1, 0.15) is 19.8 Å². The number of hydrogen-bond donors (Lipinski definition) is 2. The second-order valence-corrected chi connectivity index (χ2v) is 7.95. The monoisotopic (exact) mass is 360 g/mol. The quantitative estimate of drug-likeness (QED) is 0.742. The first-order chi connectivity index (χ1) is 10.3. The lowest BCUT2D eigenvalue weighted by Gasteiger charge is -2.31. The van der Waals surface area contributed by atoms with Crippen LogP contribution in [0.4, 0.5) is 0 Å². The Kier molecular flexibility index (Phi) is 4.89. The number of sulfonamides is 1. The molecule has 1 amide bonds. The summed E-state index contributed by atoms with van der Waals surface area (Å²) in [6.07, 6.45) is 6.97. The van der Waals surface area contributed by atoms with Gasteiger partial charge in [0.05, 0.1) is 16.9 Å². The Hall–Kier alpha value is -1.38. The molecule has 0 radical (unpaired) electrons. The number of hydrogen-bond acceptors (Lipinski definition) is 5. The van der Waals surface area contributed by atoms with E-state index in [1.54, 1.807) is 23.3 Å². The van der Waals surface area contributed by atoms with Gasteiger partial charge in [-0.1, -0.05) is 0 Å². The fourth-order valence-corrected chi connectivity index (χ4v) is 3.68. The molecule has 2 aliphatic heterocycles. The van der Waals surface area contributed by atoms with Crippen LogP contribution >= 0.6 is 12.4 Å². The van der Waals surface area contributed by atoms with Crippen LogP contribution in [0.5, 0.6) is 0 Å². The molecule has 2 heterocycles. The Balaban J connectivity index is 0.00000192. The Labute approximate surface area is 142 Å². The molecule has 128 valence electrons. The predicted molar refractivity (Wildman–Crippen MR) is 90.7 cm³/mol. The second kappa shape index (κ2) is 6.26. The number of fused-ring (bicyclic) bond motifs is 1. The van der Waals surface area contributed by atoms with Gasteiger partial charge in [-0.25, -0.2) is 8.42 Å². The van der Waals surface area contributed by atoms with Crippen molar-refractivity contribution in [2.75, 3.05) is 18.8 Å². The summed E-state index contributed by atoms with van der Waals surface area (Å²) >= 11 is 0. The van der Waals surface area contributed by atoms with Crippen molar-refractivity contribution in [3.05, 3.63) is 23.9 Å². The zero-order chi connectivity index (χ0) is 16.0. The minimum atomic E-state index is -3.38. The van der Waals surface area contributed by atoms with Gasteiger partial charge in [-0.3, -0.25) is 4.79 Å². The molecule has 7 nitrogen and oxygen atoms in total. The van der Waals surface area contributed by atoms with Crippen LogP contribution in [0.3, 0.4) is 0 Å². The fraction of sp³-hybridized carbons (Fsp3) is 0.571. The topological polar surface area (TPSA) is 105 Å². The smallest absolute Gasteiger partial charge is 0.256 e. The van der Waals surface area contributed by atoms with Gasteiger partial charge in [0.1, 0.15) is 5.84 Å². The van der Waals surface area contributed by atoms with Crippen LogP contribution in [-0.4, -0.2) is 49.4 Å². The Morgan fingerprint density at radius 3 is 2.78 bits per heavy atom. The SMILES string of the molecule is CC(CN)(NC(=O)C1=CN2CCS(=O)(=O)N=C2C=C1)C1CC1.Cl. The van der Waals surface area contributed by atoms with Crippen molar-refractivity contribution < 1.29 is 13.2 Å². The number of nitrogens with two attached hydrogens (primary N) is 1. The molecule has 1 aliphatic carbocycles. The van der Waals surface area contributed by atoms with Crippen molar-refractivity contribution in [3.8, 4) is 0 Å². The van der Waals surface area contributed by atoms with Crippen molar-refractivity contribution >= 4 is 34.2 Å². The number of rotatable bonds is 4. The molecule has 23 heavy (non-hydrogen) atoms. The highest BCUT2D eigenvalue weighted by molar-refractivity contribution is 7.90. The first-order valence-electron chi connectivity index (χ1n) is 7.35. The molecule has 1 saturated carbocycles. The van der Waals surface area contributed by atoms with E-state index < -0.39 is 10.0 Å². The molecule has 3 rings (SSSR count). The highest BCUT2D eigenvalue weighted by Gasteiger charge is 2.42. The van der Waals surface area contributed by atoms with Gasteiger partial charge >= 0.3 is 0 Å². The molecular formula is C14H21ClN4O3S. The van der Waals surface area contributed by atoms with E-state index in [4.69, 9.17) is 5.73 Å². The third kappa shape index (κ3) is 3.76. The molecular weight excluding hydrogens is 340 g/mol. The average molecular weight is 361 g/mol. The molecule has 0 spiro atoms.